The molecule has 0 spiro atoms. The summed E-state index contributed by atoms with van der Waals surface area (Å²) in [6.45, 7) is 2.52. The summed E-state index contributed by atoms with van der Waals surface area (Å²) in [6, 6.07) is 13.6. The minimum Gasteiger partial charge on any atom is -0.393 e. The minimum atomic E-state index is -0.421. The molecule has 8 heteroatoms. The summed E-state index contributed by atoms with van der Waals surface area (Å²) < 4.78 is 13.5. The number of aromatic nitrogens is 3. The highest BCUT2D eigenvalue weighted by Crippen LogP contribution is 2.27. The van der Waals surface area contributed by atoms with E-state index in [0.717, 1.165) is 54.7 Å². The van der Waals surface area contributed by atoms with E-state index in [1.165, 1.54) is 18.2 Å². The number of benzene rings is 2. The molecule has 3 N–H and O–H groups in total. The van der Waals surface area contributed by atoms with Crippen LogP contribution >= 0.6 is 0 Å². The third-order valence-corrected chi connectivity index (χ3v) is 5.95. The predicted octanol–water partition coefficient (Wildman–Crippen LogP) is 3.97. The Balaban J connectivity index is 1.39. The van der Waals surface area contributed by atoms with Gasteiger partial charge < -0.3 is 10.4 Å². The van der Waals surface area contributed by atoms with Crippen LogP contribution in [-0.4, -0.2) is 50.3 Å². The molecule has 5 rings (SSSR count). The Hall–Kier alpha value is -3.62. The molecule has 7 nitrogen and oxygen atoms in total. The summed E-state index contributed by atoms with van der Waals surface area (Å²) in [7, 11) is 0. The van der Waals surface area contributed by atoms with Gasteiger partial charge in [0.05, 0.1) is 11.6 Å². The molecule has 2 aromatic carbocycles. The number of aliphatic hydroxyl groups is 1. The topological polar surface area (TPSA) is 94.1 Å². The first-order chi connectivity index (χ1) is 16.0. The van der Waals surface area contributed by atoms with Gasteiger partial charge in [0.25, 0.3) is 5.91 Å². The zero-order valence-corrected chi connectivity index (χ0v) is 18.0. The van der Waals surface area contributed by atoms with Crippen molar-refractivity contribution in [1.82, 2.24) is 20.1 Å². The molecule has 3 heterocycles. The number of aliphatic hydroxyl groups excluding tert-OH is 1. The summed E-state index contributed by atoms with van der Waals surface area (Å²) in [5, 5.41) is 20.2. The number of carbonyl (C=O) groups excluding carboxylic acids is 1. The average molecular weight is 445 g/mol. The minimum absolute atomic E-state index is 0.195. The van der Waals surface area contributed by atoms with Gasteiger partial charge in [0.2, 0.25) is 0 Å². The number of rotatable bonds is 5. The van der Waals surface area contributed by atoms with Crippen molar-refractivity contribution in [3.63, 3.8) is 0 Å². The Morgan fingerprint density at radius 2 is 1.97 bits per heavy atom. The van der Waals surface area contributed by atoms with Crippen molar-refractivity contribution in [3.8, 4) is 11.1 Å². The monoisotopic (exact) mass is 445 g/mol. The molecule has 1 saturated heterocycles. The van der Waals surface area contributed by atoms with E-state index in [2.05, 4.69) is 31.5 Å². The second-order valence-electron chi connectivity index (χ2n) is 8.39. The van der Waals surface area contributed by atoms with Crippen LogP contribution in [0.3, 0.4) is 0 Å². The van der Waals surface area contributed by atoms with E-state index in [-0.39, 0.29) is 11.8 Å². The number of nitrogens with zero attached hydrogens (tertiary/aromatic N) is 3. The number of nitrogens with one attached hydrogen (secondary N) is 2. The lowest BCUT2D eigenvalue weighted by molar-refractivity contribution is 0.0792. The maximum atomic E-state index is 13.5. The predicted molar refractivity (Wildman–Crippen MR) is 124 cm³/mol. The number of amides is 1. The molecule has 168 valence electrons. The molecular formula is C25H24FN5O2. The van der Waals surface area contributed by atoms with Crippen LogP contribution in [0.15, 0.2) is 60.9 Å². The van der Waals surface area contributed by atoms with Crippen LogP contribution in [0.2, 0.25) is 0 Å². The SMILES string of the molecule is O=C(Nc1cccc(F)c1)c1n[nH]c2ccc(-c3cncc(CN4CCC(O)CC4)c3)cc12. The number of H-pyrrole nitrogens is 1. The first-order valence-corrected chi connectivity index (χ1v) is 10.9. The lowest BCUT2D eigenvalue weighted by Crippen LogP contribution is -2.35. The molecule has 1 aliphatic rings. The van der Waals surface area contributed by atoms with Crippen molar-refractivity contribution in [2.45, 2.75) is 25.5 Å². The van der Waals surface area contributed by atoms with Crippen molar-refractivity contribution in [3.05, 3.63) is 78.0 Å². The van der Waals surface area contributed by atoms with Crippen LogP contribution in [0, 0.1) is 5.82 Å². The summed E-state index contributed by atoms with van der Waals surface area (Å²) in [4.78, 5) is 19.5. The number of halogens is 1. The molecule has 1 aliphatic heterocycles. The van der Waals surface area contributed by atoms with Gasteiger partial charge in [0.1, 0.15) is 5.82 Å². The highest BCUT2D eigenvalue weighted by Gasteiger charge is 2.18. The van der Waals surface area contributed by atoms with Crippen LogP contribution < -0.4 is 5.32 Å². The molecule has 0 unspecified atom stereocenters. The summed E-state index contributed by atoms with van der Waals surface area (Å²) in [6.07, 6.45) is 5.06. The third kappa shape index (κ3) is 4.76. The standard InChI is InChI=1S/C25H24FN5O2/c26-19-2-1-3-20(12-19)28-25(33)24-22-11-17(4-5-23(22)29-30-24)18-10-16(13-27-14-18)15-31-8-6-21(32)7-9-31/h1-5,10-14,21,32H,6-9,15H2,(H,28,33)(H,29,30). The van der Waals surface area contributed by atoms with E-state index in [1.54, 1.807) is 12.3 Å². The van der Waals surface area contributed by atoms with Crippen molar-refractivity contribution in [1.29, 1.82) is 0 Å². The first-order valence-electron chi connectivity index (χ1n) is 10.9. The van der Waals surface area contributed by atoms with Gasteiger partial charge in [-0.25, -0.2) is 4.39 Å². The van der Waals surface area contributed by atoms with E-state index < -0.39 is 11.7 Å². The molecule has 2 aromatic heterocycles. The molecule has 0 atom stereocenters. The molecular weight excluding hydrogens is 421 g/mol. The zero-order valence-electron chi connectivity index (χ0n) is 18.0. The van der Waals surface area contributed by atoms with E-state index in [9.17, 15) is 14.3 Å². The molecule has 0 saturated carbocycles. The second-order valence-corrected chi connectivity index (χ2v) is 8.39. The Morgan fingerprint density at radius 1 is 1.12 bits per heavy atom. The smallest absolute Gasteiger partial charge is 0.276 e. The number of pyridine rings is 1. The second kappa shape index (κ2) is 9.09. The van der Waals surface area contributed by atoms with E-state index in [4.69, 9.17) is 0 Å². The van der Waals surface area contributed by atoms with Crippen LogP contribution in [0.4, 0.5) is 10.1 Å². The van der Waals surface area contributed by atoms with E-state index >= 15 is 0 Å². The average Bonchev–Trinajstić information content (AvgIpc) is 3.24. The Bertz CT molecular complexity index is 1300. The number of aromatic amines is 1. The fourth-order valence-electron chi connectivity index (χ4n) is 4.19. The molecule has 0 bridgehead atoms. The number of piperidine rings is 1. The third-order valence-electron chi connectivity index (χ3n) is 5.95. The van der Waals surface area contributed by atoms with Crippen molar-refractivity contribution < 1.29 is 14.3 Å². The molecule has 33 heavy (non-hydrogen) atoms. The summed E-state index contributed by atoms with van der Waals surface area (Å²) in [5.74, 6) is -0.835. The molecule has 1 amide bonds. The van der Waals surface area contributed by atoms with Crippen LogP contribution in [0.5, 0.6) is 0 Å². The Labute approximate surface area is 190 Å². The highest BCUT2D eigenvalue weighted by molar-refractivity contribution is 6.11. The van der Waals surface area contributed by atoms with Gasteiger partial charge in [-0.05, 0) is 60.4 Å². The number of hydrogen-bond donors (Lipinski definition) is 3. The molecule has 4 aromatic rings. The summed E-state index contributed by atoms with van der Waals surface area (Å²) >= 11 is 0. The highest BCUT2D eigenvalue weighted by atomic mass is 19.1. The number of carbonyl (C=O) groups is 1. The Morgan fingerprint density at radius 3 is 2.79 bits per heavy atom. The lowest BCUT2D eigenvalue weighted by atomic mass is 10.0. The largest absolute Gasteiger partial charge is 0.393 e. The Kier molecular flexibility index (Phi) is 5.85. The molecule has 0 aliphatic carbocycles. The quantitative estimate of drug-likeness (QED) is 0.432. The van der Waals surface area contributed by atoms with Crippen LogP contribution in [-0.2, 0) is 6.54 Å². The van der Waals surface area contributed by atoms with Crippen LogP contribution in [0.25, 0.3) is 22.0 Å². The fraction of sp³-hybridized carbons (Fsp3) is 0.240. The fourth-order valence-corrected chi connectivity index (χ4v) is 4.19. The van der Waals surface area contributed by atoms with E-state index in [1.807, 2.05) is 24.4 Å². The van der Waals surface area contributed by atoms with Gasteiger partial charge in [0, 0.05) is 48.7 Å². The van der Waals surface area contributed by atoms with Crippen molar-refractivity contribution in [2.24, 2.45) is 0 Å². The molecule has 0 radical (unpaired) electrons. The zero-order chi connectivity index (χ0) is 22.8. The maximum Gasteiger partial charge on any atom is 0.276 e. The number of anilines is 1. The van der Waals surface area contributed by atoms with Gasteiger partial charge in [-0.1, -0.05) is 12.1 Å². The summed E-state index contributed by atoms with van der Waals surface area (Å²) in [5.41, 5.74) is 4.32. The van der Waals surface area contributed by atoms with E-state index in [0.29, 0.717) is 11.1 Å². The van der Waals surface area contributed by atoms with Crippen molar-refractivity contribution >= 4 is 22.5 Å². The van der Waals surface area contributed by atoms with Crippen LogP contribution in [0.1, 0.15) is 28.9 Å². The van der Waals surface area contributed by atoms with Gasteiger partial charge >= 0.3 is 0 Å². The van der Waals surface area contributed by atoms with Gasteiger partial charge in [0.15, 0.2) is 5.69 Å². The van der Waals surface area contributed by atoms with Crippen molar-refractivity contribution in [2.75, 3.05) is 18.4 Å². The first kappa shape index (κ1) is 21.2. The lowest BCUT2D eigenvalue weighted by Gasteiger charge is -2.29. The number of hydrogen-bond acceptors (Lipinski definition) is 5. The van der Waals surface area contributed by atoms with Gasteiger partial charge in [-0.2, -0.15) is 5.10 Å². The normalized spacial score (nSPS) is 15.1. The van der Waals surface area contributed by atoms with Gasteiger partial charge in [-0.15, -0.1) is 0 Å². The number of fused-ring (bicyclic) bond motifs is 1. The van der Waals surface area contributed by atoms with Gasteiger partial charge in [-0.3, -0.25) is 19.8 Å². The number of likely N-dealkylation sites (tertiary alicyclic amines) is 1. The maximum absolute atomic E-state index is 13.5. The molecule has 1 fully saturated rings.